The third-order valence-corrected chi connectivity index (χ3v) is 4.00. The Balaban J connectivity index is 1.72. The maximum atomic E-state index is 11.3. The molecule has 22 heavy (non-hydrogen) atoms. The number of piperazine rings is 1. The fourth-order valence-corrected chi connectivity index (χ4v) is 2.75. The normalized spacial score (nSPS) is 15.0. The smallest absolute Gasteiger partial charge is 0.339 e. The van der Waals surface area contributed by atoms with Crippen LogP contribution in [-0.2, 0) is 0 Å². The molecule has 0 unspecified atom stereocenters. The SMILES string of the molecule is Cc1ccc(N2CCN(c3ncccc3C(=O)O)CC2)cc1. The third-order valence-electron chi connectivity index (χ3n) is 4.00. The van der Waals surface area contributed by atoms with E-state index in [0.29, 0.717) is 5.82 Å². The van der Waals surface area contributed by atoms with Gasteiger partial charge in [-0.05, 0) is 31.2 Å². The molecule has 5 heteroatoms. The molecule has 3 rings (SSSR count). The van der Waals surface area contributed by atoms with E-state index < -0.39 is 5.97 Å². The van der Waals surface area contributed by atoms with Crippen molar-refractivity contribution < 1.29 is 9.90 Å². The van der Waals surface area contributed by atoms with Gasteiger partial charge in [0.2, 0.25) is 0 Å². The number of aromatic nitrogens is 1. The van der Waals surface area contributed by atoms with Gasteiger partial charge in [-0.1, -0.05) is 17.7 Å². The maximum absolute atomic E-state index is 11.3. The van der Waals surface area contributed by atoms with E-state index in [9.17, 15) is 9.90 Å². The van der Waals surface area contributed by atoms with Crippen LogP contribution < -0.4 is 9.80 Å². The van der Waals surface area contributed by atoms with Gasteiger partial charge in [0, 0.05) is 38.1 Å². The van der Waals surface area contributed by atoms with E-state index in [1.54, 1.807) is 18.3 Å². The maximum Gasteiger partial charge on any atom is 0.339 e. The molecular formula is C17H19N3O2. The lowest BCUT2D eigenvalue weighted by Gasteiger charge is -2.37. The number of nitrogens with zero attached hydrogens (tertiary/aromatic N) is 3. The van der Waals surface area contributed by atoms with Crippen molar-refractivity contribution in [3.8, 4) is 0 Å². The molecule has 114 valence electrons. The minimum atomic E-state index is -0.927. The number of carboxylic acid groups (broad SMARTS) is 1. The molecule has 1 aromatic heterocycles. The second-order valence-electron chi connectivity index (χ2n) is 5.49. The van der Waals surface area contributed by atoms with Gasteiger partial charge in [0.1, 0.15) is 11.4 Å². The highest BCUT2D eigenvalue weighted by molar-refractivity contribution is 5.93. The minimum absolute atomic E-state index is 0.270. The van der Waals surface area contributed by atoms with Crippen LogP contribution in [0.5, 0.6) is 0 Å². The lowest BCUT2D eigenvalue weighted by Crippen LogP contribution is -2.47. The fraction of sp³-hybridized carbons (Fsp3) is 0.294. The lowest BCUT2D eigenvalue weighted by molar-refractivity contribution is 0.0697. The molecule has 1 aromatic carbocycles. The van der Waals surface area contributed by atoms with Crippen LogP contribution in [0.2, 0.25) is 0 Å². The summed E-state index contributed by atoms with van der Waals surface area (Å²) in [5, 5.41) is 9.28. The zero-order valence-corrected chi connectivity index (χ0v) is 12.6. The second-order valence-corrected chi connectivity index (χ2v) is 5.49. The van der Waals surface area contributed by atoms with Crippen LogP contribution in [0, 0.1) is 6.92 Å². The van der Waals surface area contributed by atoms with Crippen molar-refractivity contribution in [1.29, 1.82) is 0 Å². The van der Waals surface area contributed by atoms with E-state index in [0.717, 1.165) is 26.2 Å². The number of pyridine rings is 1. The van der Waals surface area contributed by atoms with Crippen molar-refractivity contribution in [3.63, 3.8) is 0 Å². The Bertz CT molecular complexity index is 662. The Morgan fingerprint density at radius 1 is 1.05 bits per heavy atom. The van der Waals surface area contributed by atoms with Crippen molar-refractivity contribution in [2.45, 2.75) is 6.92 Å². The second kappa shape index (κ2) is 6.05. The molecule has 0 atom stereocenters. The first-order chi connectivity index (χ1) is 10.6. The summed E-state index contributed by atoms with van der Waals surface area (Å²) in [6, 6.07) is 11.8. The van der Waals surface area contributed by atoms with Crippen LogP contribution in [0.3, 0.4) is 0 Å². The van der Waals surface area contributed by atoms with E-state index in [1.807, 2.05) is 4.90 Å². The molecule has 1 aliphatic heterocycles. The summed E-state index contributed by atoms with van der Waals surface area (Å²) in [6.45, 7) is 5.34. The van der Waals surface area contributed by atoms with E-state index in [2.05, 4.69) is 41.1 Å². The predicted molar refractivity (Wildman–Crippen MR) is 86.8 cm³/mol. The zero-order chi connectivity index (χ0) is 15.5. The van der Waals surface area contributed by atoms with Crippen molar-refractivity contribution >= 4 is 17.5 Å². The van der Waals surface area contributed by atoms with Crippen LogP contribution in [0.1, 0.15) is 15.9 Å². The van der Waals surface area contributed by atoms with E-state index >= 15 is 0 Å². The average molecular weight is 297 g/mol. The Labute approximate surface area is 129 Å². The lowest BCUT2D eigenvalue weighted by atomic mass is 10.2. The third kappa shape index (κ3) is 2.88. The van der Waals surface area contributed by atoms with E-state index in [1.165, 1.54) is 11.3 Å². The summed E-state index contributed by atoms with van der Waals surface area (Å²) in [6.07, 6.45) is 1.65. The van der Waals surface area contributed by atoms with Gasteiger partial charge < -0.3 is 14.9 Å². The Kier molecular flexibility index (Phi) is 3.96. The van der Waals surface area contributed by atoms with Crippen LogP contribution in [0.25, 0.3) is 0 Å². The van der Waals surface area contributed by atoms with Gasteiger partial charge in [-0.25, -0.2) is 9.78 Å². The molecule has 0 radical (unpaired) electrons. The summed E-state index contributed by atoms with van der Waals surface area (Å²) in [5.41, 5.74) is 2.73. The number of aromatic carboxylic acids is 1. The number of benzene rings is 1. The largest absolute Gasteiger partial charge is 0.478 e. The summed E-state index contributed by atoms with van der Waals surface area (Å²) < 4.78 is 0. The molecule has 2 heterocycles. The molecular weight excluding hydrogens is 278 g/mol. The average Bonchev–Trinajstić information content (AvgIpc) is 2.56. The Morgan fingerprint density at radius 2 is 1.68 bits per heavy atom. The number of hydrogen-bond acceptors (Lipinski definition) is 4. The quantitative estimate of drug-likeness (QED) is 0.943. The highest BCUT2D eigenvalue weighted by atomic mass is 16.4. The van der Waals surface area contributed by atoms with E-state index in [-0.39, 0.29) is 5.56 Å². The number of hydrogen-bond donors (Lipinski definition) is 1. The van der Waals surface area contributed by atoms with Crippen LogP contribution in [0.15, 0.2) is 42.6 Å². The zero-order valence-electron chi connectivity index (χ0n) is 12.6. The summed E-state index contributed by atoms with van der Waals surface area (Å²) in [4.78, 5) is 19.9. The monoisotopic (exact) mass is 297 g/mol. The molecule has 0 spiro atoms. The molecule has 2 aromatic rings. The molecule has 1 fully saturated rings. The van der Waals surface area contributed by atoms with Gasteiger partial charge >= 0.3 is 5.97 Å². The number of carboxylic acids is 1. The molecule has 0 saturated carbocycles. The first-order valence-corrected chi connectivity index (χ1v) is 7.40. The van der Waals surface area contributed by atoms with Gasteiger partial charge in [0.25, 0.3) is 0 Å². The molecule has 0 amide bonds. The van der Waals surface area contributed by atoms with Gasteiger partial charge in [-0.3, -0.25) is 0 Å². The van der Waals surface area contributed by atoms with Gasteiger partial charge in [-0.15, -0.1) is 0 Å². The summed E-state index contributed by atoms with van der Waals surface area (Å²) >= 11 is 0. The van der Waals surface area contributed by atoms with Crippen molar-refractivity contribution in [3.05, 3.63) is 53.7 Å². The highest BCUT2D eigenvalue weighted by Crippen LogP contribution is 2.22. The van der Waals surface area contributed by atoms with Crippen molar-refractivity contribution in [2.24, 2.45) is 0 Å². The Hall–Kier alpha value is -2.56. The number of rotatable bonds is 3. The van der Waals surface area contributed by atoms with Crippen LogP contribution in [-0.4, -0.2) is 42.2 Å². The summed E-state index contributed by atoms with van der Waals surface area (Å²) in [5.74, 6) is -0.359. The predicted octanol–water partition coefficient (Wildman–Crippen LogP) is 2.41. The van der Waals surface area contributed by atoms with Crippen molar-refractivity contribution in [1.82, 2.24) is 4.98 Å². The number of carbonyl (C=O) groups is 1. The topological polar surface area (TPSA) is 56.7 Å². The standard InChI is InChI=1S/C17H19N3O2/c1-13-4-6-14(7-5-13)19-9-11-20(12-10-19)16-15(17(21)22)3-2-8-18-16/h2-8H,9-12H2,1H3,(H,21,22). The Morgan fingerprint density at radius 3 is 2.32 bits per heavy atom. The first-order valence-electron chi connectivity index (χ1n) is 7.40. The molecule has 1 saturated heterocycles. The highest BCUT2D eigenvalue weighted by Gasteiger charge is 2.22. The van der Waals surface area contributed by atoms with Gasteiger partial charge in [0.15, 0.2) is 0 Å². The van der Waals surface area contributed by atoms with Crippen molar-refractivity contribution in [2.75, 3.05) is 36.0 Å². The molecule has 0 aliphatic carbocycles. The summed E-state index contributed by atoms with van der Waals surface area (Å²) in [7, 11) is 0. The molecule has 1 aliphatic rings. The molecule has 1 N–H and O–H groups in total. The fourth-order valence-electron chi connectivity index (χ4n) is 2.75. The van der Waals surface area contributed by atoms with Gasteiger partial charge in [-0.2, -0.15) is 0 Å². The number of aryl methyl sites for hydroxylation is 1. The number of anilines is 2. The van der Waals surface area contributed by atoms with E-state index in [4.69, 9.17) is 0 Å². The van der Waals surface area contributed by atoms with Crippen LogP contribution >= 0.6 is 0 Å². The first kappa shape index (κ1) is 14.4. The van der Waals surface area contributed by atoms with Gasteiger partial charge in [0.05, 0.1) is 0 Å². The van der Waals surface area contributed by atoms with Crippen LogP contribution in [0.4, 0.5) is 11.5 Å². The minimum Gasteiger partial charge on any atom is -0.478 e. The molecule has 0 bridgehead atoms. The molecule has 5 nitrogen and oxygen atoms in total.